The van der Waals surface area contributed by atoms with Crippen molar-refractivity contribution in [1.82, 2.24) is 24.5 Å². The molecular formula is C27H29F9N6O6. The van der Waals surface area contributed by atoms with Crippen LogP contribution in [0.5, 0.6) is 0 Å². The van der Waals surface area contributed by atoms with Crippen molar-refractivity contribution < 1.29 is 69.2 Å². The zero-order valence-corrected chi connectivity index (χ0v) is 24.6. The van der Waals surface area contributed by atoms with Gasteiger partial charge in [-0.05, 0) is 63.0 Å². The van der Waals surface area contributed by atoms with E-state index in [1.165, 1.54) is 18.5 Å². The van der Waals surface area contributed by atoms with Gasteiger partial charge >= 0.3 is 36.4 Å². The van der Waals surface area contributed by atoms with Gasteiger partial charge in [-0.15, -0.1) is 0 Å². The third-order valence-electron chi connectivity index (χ3n) is 6.59. The molecule has 3 aromatic rings. The van der Waals surface area contributed by atoms with E-state index < -0.39 is 36.4 Å². The van der Waals surface area contributed by atoms with Crippen molar-refractivity contribution >= 4 is 29.2 Å². The van der Waals surface area contributed by atoms with Gasteiger partial charge in [-0.25, -0.2) is 23.9 Å². The number of piperidine rings is 1. The Morgan fingerprint density at radius 2 is 1.25 bits per heavy atom. The molecule has 266 valence electrons. The number of carboxylic acid groups (broad SMARTS) is 3. The Morgan fingerprint density at radius 1 is 0.750 bits per heavy atom. The quantitative estimate of drug-likeness (QED) is 0.314. The molecule has 2 fully saturated rings. The molecule has 0 bridgehead atoms. The van der Waals surface area contributed by atoms with Gasteiger partial charge in [-0.2, -0.15) is 44.6 Å². The van der Waals surface area contributed by atoms with E-state index in [-0.39, 0.29) is 0 Å². The summed E-state index contributed by atoms with van der Waals surface area (Å²) in [4.78, 5) is 40.9. The number of rotatable bonds is 4. The highest BCUT2D eigenvalue weighted by atomic mass is 19.4. The largest absolute Gasteiger partial charge is 0.490 e. The predicted molar refractivity (Wildman–Crippen MR) is 147 cm³/mol. The van der Waals surface area contributed by atoms with Gasteiger partial charge in [0.05, 0.1) is 17.6 Å². The number of hydrogen-bond donors (Lipinski definition) is 3. The second-order valence-corrected chi connectivity index (χ2v) is 10.1. The predicted octanol–water partition coefficient (Wildman–Crippen LogP) is 5.00. The fourth-order valence-corrected chi connectivity index (χ4v) is 4.29. The molecule has 0 spiro atoms. The molecule has 2 aliphatic rings. The standard InChI is InChI=1S/C21H26N6.3C2HF3O2/c1-2-10-22-18(5-1)15-25-13-8-17(9-14-25)21-23-20-7-6-19(16-27(20)24-21)26-11-3-4-12-26;3*3-2(4,5)1(6)7/h1-2,5-7,10,16-17H,3-4,8-9,11-15H2;3*(H,6,7). The lowest BCUT2D eigenvalue weighted by molar-refractivity contribution is -0.193. The number of likely N-dealkylation sites (tertiary alicyclic amines) is 1. The Morgan fingerprint density at radius 3 is 1.69 bits per heavy atom. The SMILES string of the molecule is O=C(O)C(F)(F)F.O=C(O)C(F)(F)F.O=C(O)C(F)(F)F.c1ccc(CN2CCC(c3nc4ccc(N5CCCC5)cn4n3)CC2)nc1. The van der Waals surface area contributed by atoms with E-state index >= 15 is 0 Å². The van der Waals surface area contributed by atoms with Crippen LogP contribution in [0.15, 0.2) is 42.7 Å². The molecule has 0 aromatic carbocycles. The minimum absolute atomic E-state index is 0.458. The first-order valence-corrected chi connectivity index (χ1v) is 13.8. The number of anilines is 1. The lowest BCUT2D eigenvalue weighted by Gasteiger charge is -2.30. The van der Waals surface area contributed by atoms with Crippen LogP contribution in [-0.2, 0) is 20.9 Å². The van der Waals surface area contributed by atoms with Crippen LogP contribution >= 0.6 is 0 Å². The Bertz CT molecular complexity index is 1430. The Hall–Kier alpha value is -4.69. The van der Waals surface area contributed by atoms with Crippen molar-refractivity contribution in [3.63, 3.8) is 0 Å². The van der Waals surface area contributed by atoms with Crippen molar-refractivity contribution in [2.24, 2.45) is 0 Å². The van der Waals surface area contributed by atoms with E-state index in [0.29, 0.717) is 5.92 Å². The summed E-state index contributed by atoms with van der Waals surface area (Å²) in [5, 5.41) is 26.2. The zero-order chi connectivity index (χ0) is 36.3. The summed E-state index contributed by atoms with van der Waals surface area (Å²) in [7, 11) is 0. The van der Waals surface area contributed by atoms with E-state index in [9.17, 15) is 39.5 Å². The molecule has 3 aromatic heterocycles. The van der Waals surface area contributed by atoms with Gasteiger partial charge in [0.15, 0.2) is 11.5 Å². The number of alkyl halides is 9. The maximum Gasteiger partial charge on any atom is 0.490 e. The van der Waals surface area contributed by atoms with Gasteiger partial charge in [-0.1, -0.05) is 6.07 Å². The first-order chi connectivity index (χ1) is 22.2. The minimum atomic E-state index is -5.08. The number of carbonyl (C=O) groups is 3. The zero-order valence-electron chi connectivity index (χ0n) is 24.6. The maximum atomic E-state index is 10.6. The highest BCUT2D eigenvalue weighted by Crippen LogP contribution is 2.28. The first-order valence-electron chi connectivity index (χ1n) is 13.8. The van der Waals surface area contributed by atoms with Crippen molar-refractivity contribution in [2.75, 3.05) is 31.1 Å². The van der Waals surface area contributed by atoms with Gasteiger partial charge < -0.3 is 20.2 Å². The van der Waals surface area contributed by atoms with E-state index in [1.807, 2.05) is 16.8 Å². The Kier molecular flexibility index (Phi) is 13.9. The molecule has 5 heterocycles. The lowest BCUT2D eigenvalue weighted by atomic mass is 9.96. The van der Waals surface area contributed by atoms with Crippen LogP contribution in [0.2, 0.25) is 0 Å². The Labute approximate surface area is 265 Å². The number of nitrogens with zero attached hydrogens (tertiary/aromatic N) is 6. The molecule has 48 heavy (non-hydrogen) atoms. The average Bonchev–Trinajstić information content (AvgIpc) is 3.68. The molecule has 0 radical (unpaired) electrons. The normalized spacial score (nSPS) is 15.7. The summed E-state index contributed by atoms with van der Waals surface area (Å²) in [5.41, 5.74) is 3.38. The number of carboxylic acids is 3. The van der Waals surface area contributed by atoms with Gasteiger partial charge in [0.1, 0.15) is 0 Å². The topological polar surface area (TPSA) is 161 Å². The number of pyridine rings is 2. The molecule has 0 amide bonds. The molecular weight excluding hydrogens is 675 g/mol. The third-order valence-corrected chi connectivity index (χ3v) is 6.59. The summed E-state index contributed by atoms with van der Waals surface area (Å²) in [6, 6.07) is 10.4. The molecule has 3 N–H and O–H groups in total. The van der Waals surface area contributed by atoms with Crippen LogP contribution in [0.1, 0.15) is 43.1 Å². The first kappa shape index (κ1) is 39.5. The second-order valence-electron chi connectivity index (χ2n) is 10.1. The van der Waals surface area contributed by atoms with Crippen molar-refractivity contribution in [2.45, 2.75) is 56.7 Å². The molecule has 2 aliphatic heterocycles. The van der Waals surface area contributed by atoms with Crippen LogP contribution in [0, 0.1) is 0 Å². The monoisotopic (exact) mass is 704 g/mol. The Balaban J connectivity index is 0.000000313. The number of hydrogen-bond acceptors (Lipinski definition) is 8. The molecule has 0 atom stereocenters. The van der Waals surface area contributed by atoms with Gasteiger partial charge in [0, 0.05) is 31.7 Å². The summed E-state index contributed by atoms with van der Waals surface area (Å²) in [5.74, 6) is -6.81. The van der Waals surface area contributed by atoms with Crippen molar-refractivity contribution in [3.8, 4) is 0 Å². The van der Waals surface area contributed by atoms with Crippen LogP contribution in [0.4, 0.5) is 45.2 Å². The summed E-state index contributed by atoms with van der Waals surface area (Å²) < 4.78 is 97.2. The molecule has 5 rings (SSSR count). The van der Waals surface area contributed by atoms with E-state index in [0.717, 1.165) is 62.7 Å². The number of aromatic nitrogens is 4. The summed E-state index contributed by atoms with van der Waals surface area (Å²) in [6.45, 7) is 5.40. The molecule has 12 nitrogen and oxygen atoms in total. The molecule has 0 unspecified atom stereocenters. The van der Waals surface area contributed by atoms with Crippen molar-refractivity contribution in [3.05, 3.63) is 54.2 Å². The second kappa shape index (κ2) is 16.9. The van der Waals surface area contributed by atoms with Gasteiger partial charge in [-0.3, -0.25) is 9.88 Å². The number of fused-ring (bicyclic) bond motifs is 1. The van der Waals surface area contributed by atoms with Crippen LogP contribution < -0.4 is 4.90 Å². The number of aliphatic carboxylic acids is 3. The van der Waals surface area contributed by atoms with Crippen LogP contribution in [0.25, 0.3) is 5.65 Å². The third kappa shape index (κ3) is 13.2. The van der Waals surface area contributed by atoms with E-state index in [1.54, 1.807) is 0 Å². The van der Waals surface area contributed by atoms with Crippen molar-refractivity contribution in [1.29, 1.82) is 0 Å². The summed E-state index contributed by atoms with van der Waals surface area (Å²) >= 11 is 0. The molecule has 21 heteroatoms. The number of halogens is 9. The van der Waals surface area contributed by atoms with Gasteiger partial charge in [0.25, 0.3) is 0 Å². The average molecular weight is 705 g/mol. The van der Waals surface area contributed by atoms with E-state index in [4.69, 9.17) is 39.8 Å². The molecule has 0 aliphatic carbocycles. The van der Waals surface area contributed by atoms with Crippen LogP contribution in [-0.4, -0.2) is 102 Å². The highest BCUT2D eigenvalue weighted by molar-refractivity contribution is 5.73. The van der Waals surface area contributed by atoms with E-state index in [2.05, 4.69) is 45.2 Å². The lowest BCUT2D eigenvalue weighted by Crippen LogP contribution is -2.33. The highest BCUT2D eigenvalue weighted by Gasteiger charge is 2.39. The van der Waals surface area contributed by atoms with Crippen LogP contribution in [0.3, 0.4) is 0 Å². The smallest absolute Gasteiger partial charge is 0.475 e. The fraction of sp³-hybridized carbons (Fsp3) is 0.481. The molecule has 2 saturated heterocycles. The summed E-state index contributed by atoms with van der Waals surface area (Å²) in [6.07, 6.45) is -6.42. The maximum absolute atomic E-state index is 10.6. The fourth-order valence-electron chi connectivity index (χ4n) is 4.29. The minimum Gasteiger partial charge on any atom is -0.475 e. The van der Waals surface area contributed by atoms with Gasteiger partial charge in [0.2, 0.25) is 0 Å². The molecule has 0 saturated carbocycles.